The van der Waals surface area contributed by atoms with Gasteiger partial charge in [0.15, 0.2) is 5.82 Å². The largest absolute Gasteiger partial charge is 0.336 e. The van der Waals surface area contributed by atoms with Crippen molar-refractivity contribution in [2.24, 2.45) is 5.92 Å². The molecular weight excluding hydrogens is 386 g/mol. The molecule has 0 aliphatic carbocycles. The van der Waals surface area contributed by atoms with E-state index in [1.807, 2.05) is 72.6 Å². The molecule has 0 saturated carbocycles. The van der Waals surface area contributed by atoms with Gasteiger partial charge in [-0.2, -0.15) is 0 Å². The van der Waals surface area contributed by atoms with Gasteiger partial charge in [0.2, 0.25) is 5.82 Å². The highest BCUT2D eigenvalue weighted by molar-refractivity contribution is 5.91. The summed E-state index contributed by atoms with van der Waals surface area (Å²) < 4.78 is 1.76. The van der Waals surface area contributed by atoms with Crippen molar-refractivity contribution in [1.29, 1.82) is 0 Å². The first kappa shape index (κ1) is 21.0. The molecule has 0 unspecified atom stereocenters. The third-order valence-electron chi connectivity index (χ3n) is 5.23. The molecule has 1 fully saturated rings. The zero-order valence-corrected chi connectivity index (χ0v) is 17.3. The van der Waals surface area contributed by atoms with Crippen molar-refractivity contribution in [3.63, 3.8) is 0 Å². The molecule has 152 valence electrons. The molecule has 4 rings (SSSR count). The van der Waals surface area contributed by atoms with Gasteiger partial charge in [0.05, 0.1) is 5.69 Å². The van der Waals surface area contributed by atoms with Gasteiger partial charge >= 0.3 is 0 Å². The van der Waals surface area contributed by atoms with Crippen LogP contribution in [0.1, 0.15) is 23.5 Å². The van der Waals surface area contributed by atoms with E-state index in [0.717, 1.165) is 43.7 Å². The molecule has 1 aromatic heterocycles. The number of hydrogen-bond acceptors (Lipinski definition) is 4. The van der Waals surface area contributed by atoms with Gasteiger partial charge in [-0.3, -0.25) is 4.79 Å². The lowest BCUT2D eigenvalue weighted by molar-refractivity contribution is 0.0678. The van der Waals surface area contributed by atoms with Gasteiger partial charge in [-0.1, -0.05) is 48.5 Å². The fraction of sp³-hybridized carbons (Fsp3) is 0.318. The number of aromatic nitrogens is 3. The lowest BCUT2D eigenvalue weighted by Crippen LogP contribution is -2.40. The number of para-hydroxylation sites is 1. The zero-order chi connectivity index (χ0) is 19.3. The number of benzene rings is 2. The second-order valence-corrected chi connectivity index (χ2v) is 7.17. The number of carbonyl (C=O) groups excluding carboxylic acids is 1. The average molecular weight is 412 g/mol. The van der Waals surface area contributed by atoms with E-state index in [-0.39, 0.29) is 24.1 Å². The minimum Gasteiger partial charge on any atom is -0.336 e. The van der Waals surface area contributed by atoms with Crippen LogP contribution in [0.2, 0.25) is 0 Å². The summed E-state index contributed by atoms with van der Waals surface area (Å²) in [6, 6.07) is 19.7. The summed E-state index contributed by atoms with van der Waals surface area (Å²) >= 11 is 0. The Morgan fingerprint density at radius 1 is 1.03 bits per heavy atom. The summed E-state index contributed by atoms with van der Waals surface area (Å²) in [5.41, 5.74) is 1.83. The Kier molecular flexibility index (Phi) is 7.01. The number of nitrogens with one attached hydrogen (secondary N) is 1. The van der Waals surface area contributed by atoms with E-state index in [1.54, 1.807) is 4.68 Å². The Morgan fingerprint density at radius 2 is 1.66 bits per heavy atom. The molecule has 29 heavy (non-hydrogen) atoms. The standard InChI is InChI=1S/C22H25N5O.ClH/c1-23-16-17-12-14-26(15-13-17)22(28)20-24-21(18-8-4-2-5-9-18)27(25-20)19-10-6-3-7-11-19;/h2-11,17,23H,12-16H2,1H3;1H. The number of rotatable bonds is 5. The normalized spacial score (nSPS) is 14.4. The second kappa shape index (κ2) is 9.67. The number of piperidine rings is 1. The van der Waals surface area contributed by atoms with E-state index in [1.165, 1.54) is 0 Å². The Morgan fingerprint density at radius 3 is 2.28 bits per heavy atom. The Bertz CT molecular complexity index is 864. The van der Waals surface area contributed by atoms with Gasteiger partial charge < -0.3 is 10.2 Å². The lowest BCUT2D eigenvalue weighted by atomic mass is 9.97. The Hall–Kier alpha value is -2.70. The van der Waals surface area contributed by atoms with E-state index in [4.69, 9.17) is 0 Å². The van der Waals surface area contributed by atoms with Crippen LogP contribution in [0.15, 0.2) is 60.7 Å². The SMILES string of the molecule is CNCC1CCN(C(=O)c2nc(-c3ccccc3)n(-c3ccccc3)n2)CC1.Cl. The average Bonchev–Trinajstić information content (AvgIpc) is 3.21. The fourth-order valence-electron chi connectivity index (χ4n) is 3.70. The van der Waals surface area contributed by atoms with E-state index >= 15 is 0 Å². The second-order valence-electron chi connectivity index (χ2n) is 7.17. The van der Waals surface area contributed by atoms with Gasteiger partial charge in [-0.05, 0) is 44.5 Å². The van der Waals surface area contributed by atoms with Crippen LogP contribution < -0.4 is 5.32 Å². The number of amides is 1. The van der Waals surface area contributed by atoms with Gasteiger partial charge in [0.25, 0.3) is 5.91 Å². The lowest BCUT2D eigenvalue weighted by Gasteiger charge is -2.31. The predicted octanol–water partition coefficient (Wildman–Crippen LogP) is 3.43. The first-order valence-corrected chi connectivity index (χ1v) is 9.78. The molecule has 0 radical (unpaired) electrons. The number of carbonyl (C=O) groups is 1. The van der Waals surface area contributed by atoms with Crippen molar-refractivity contribution in [1.82, 2.24) is 25.0 Å². The molecule has 1 aliphatic heterocycles. The van der Waals surface area contributed by atoms with Crippen LogP contribution in [0.25, 0.3) is 17.1 Å². The quantitative estimate of drug-likeness (QED) is 0.698. The molecule has 2 heterocycles. The van der Waals surface area contributed by atoms with Crippen molar-refractivity contribution >= 4 is 18.3 Å². The summed E-state index contributed by atoms with van der Waals surface area (Å²) in [5.74, 6) is 1.48. The van der Waals surface area contributed by atoms with Crippen LogP contribution in [0.3, 0.4) is 0 Å². The number of nitrogens with zero attached hydrogens (tertiary/aromatic N) is 4. The van der Waals surface area contributed by atoms with Crippen LogP contribution >= 0.6 is 12.4 Å². The van der Waals surface area contributed by atoms with Gasteiger partial charge in [-0.15, -0.1) is 17.5 Å². The van der Waals surface area contributed by atoms with Crippen LogP contribution in [0.5, 0.6) is 0 Å². The van der Waals surface area contributed by atoms with Crippen LogP contribution in [0.4, 0.5) is 0 Å². The molecule has 7 heteroatoms. The molecule has 1 N–H and O–H groups in total. The molecule has 0 atom stereocenters. The van der Waals surface area contributed by atoms with Crippen LogP contribution in [-0.4, -0.2) is 52.3 Å². The first-order valence-electron chi connectivity index (χ1n) is 9.78. The summed E-state index contributed by atoms with van der Waals surface area (Å²) in [5, 5.41) is 7.82. The van der Waals surface area contributed by atoms with Crippen molar-refractivity contribution in [3.8, 4) is 17.1 Å². The third kappa shape index (κ3) is 4.66. The Labute approximate surface area is 177 Å². The first-order chi connectivity index (χ1) is 13.8. The highest BCUT2D eigenvalue weighted by atomic mass is 35.5. The highest BCUT2D eigenvalue weighted by Gasteiger charge is 2.27. The zero-order valence-electron chi connectivity index (χ0n) is 16.5. The molecule has 6 nitrogen and oxygen atoms in total. The summed E-state index contributed by atoms with van der Waals surface area (Å²) in [4.78, 5) is 19.6. The number of likely N-dealkylation sites (tertiary alicyclic amines) is 1. The molecule has 2 aromatic carbocycles. The number of hydrogen-bond donors (Lipinski definition) is 1. The topological polar surface area (TPSA) is 63.1 Å². The van der Waals surface area contributed by atoms with Crippen molar-refractivity contribution in [2.45, 2.75) is 12.8 Å². The minimum absolute atomic E-state index is 0. The van der Waals surface area contributed by atoms with E-state index in [2.05, 4.69) is 15.4 Å². The van der Waals surface area contributed by atoms with Crippen LogP contribution in [0, 0.1) is 5.92 Å². The molecular formula is C22H26ClN5O. The van der Waals surface area contributed by atoms with Crippen molar-refractivity contribution in [2.75, 3.05) is 26.7 Å². The van der Waals surface area contributed by atoms with Crippen LogP contribution in [-0.2, 0) is 0 Å². The monoisotopic (exact) mass is 411 g/mol. The minimum atomic E-state index is -0.0882. The predicted molar refractivity (Wildman–Crippen MR) is 117 cm³/mol. The maximum Gasteiger partial charge on any atom is 0.293 e. The van der Waals surface area contributed by atoms with E-state index in [0.29, 0.717) is 11.7 Å². The molecule has 1 aliphatic rings. The molecule has 1 saturated heterocycles. The Balaban J connectivity index is 0.00000240. The third-order valence-corrected chi connectivity index (χ3v) is 5.23. The molecule has 0 spiro atoms. The van der Waals surface area contributed by atoms with Crippen molar-refractivity contribution < 1.29 is 4.79 Å². The maximum absolute atomic E-state index is 13.1. The van der Waals surface area contributed by atoms with E-state index in [9.17, 15) is 4.79 Å². The summed E-state index contributed by atoms with van der Waals surface area (Å²) in [7, 11) is 1.97. The fourth-order valence-corrected chi connectivity index (χ4v) is 3.70. The molecule has 3 aromatic rings. The maximum atomic E-state index is 13.1. The summed E-state index contributed by atoms with van der Waals surface area (Å²) in [6.07, 6.45) is 2.02. The highest BCUT2D eigenvalue weighted by Crippen LogP contribution is 2.23. The van der Waals surface area contributed by atoms with Gasteiger partial charge in [0.1, 0.15) is 0 Å². The molecule has 1 amide bonds. The van der Waals surface area contributed by atoms with Crippen molar-refractivity contribution in [3.05, 3.63) is 66.5 Å². The summed E-state index contributed by atoms with van der Waals surface area (Å²) in [6.45, 7) is 2.51. The smallest absolute Gasteiger partial charge is 0.293 e. The van der Waals surface area contributed by atoms with Gasteiger partial charge in [0, 0.05) is 18.7 Å². The number of halogens is 1. The van der Waals surface area contributed by atoms with Gasteiger partial charge in [-0.25, -0.2) is 9.67 Å². The van der Waals surface area contributed by atoms with E-state index < -0.39 is 0 Å². The molecule has 0 bridgehead atoms.